The van der Waals surface area contributed by atoms with Crippen molar-refractivity contribution in [2.45, 2.75) is 4.21 Å². The predicted octanol–water partition coefficient (Wildman–Crippen LogP) is 2.12. The molecule has 1 heterocycles. The van der Waals surface area contributed by atoms with E-state index in [2.05, 4.69) is 4.74 Å². The molecule has 0 saturated heterocycles. The van der Waals surface area contributed by atoms with Crippen molar-refractivity contribution in [3.63, 3.8) is 0 Å². The Kier molecular flexibility index (Phi) is 5.04. The Morgan fingerprint density at radius 2 is 1.91 bits per heavy atom. The van der Waals surface area contributed by atoms with Crippen LogP contribution < -0.4 is 9.04 Å². The third kappa shape index (κ3) is 3.58. The number of hydrogen-bond donors (Lipinski definition) is 0. The van der Waals surface area contributed by atoms with E-state index in [-0.39, 0.29) is 10.8 Å². The van der Waals surface area contributed by atoms with E-state index < -0.39 is 16.0 Å². The Labute approximate surface area is 132 Å². The second kappa shape index (κ2) is 6.80. The molecule has 0 radical (unpaired) electrons. The molecule has 0 amide bonds. The normalized spacial score (nSPS) is 11.0. The van der Waals surface area contributed by atoms with Gasteiger partial charge in [0.15, 0.2) is 6.61 Å². The highest BCUT2D eigenvalue weighted by Gasteiger charge is 2.22. The van der Waals surface area contributed by atoms with Gasteiger partial charge in [-0.15, -0.1) is 11.3 Å². The van der Waals surface area contributed by atoms with Crippen molar-refractivity contribution in [3.8, 4) is 5.75 Å². The molecule has 22 heavy (non-hydrogen) atoms. The fraction of sp³-hybridized carbons (Fsp3) is 0.214. The number of carbonyl (C=O) groups excluding carboxylic acids is 1. The summed E-state index contributed by atoms with van der Waals surface area (Å²) < 4.78 is 35.9. The zero-order chi connectivity index (χ0) is 16.2. The molecule has 0 bridgehead atoms. The van der Waals surface area contributed by atoms with E-state index in [1.165, 1.54) is 18.5 Å². The minimum absolute atomic E-state index is 0.195. The van der Waals surface area contributed by atoms with Gasteiger partial charge in [-0.25, -0.2) is 13.2 Å². The monoisotopic (exact) mass is 341 g/mol. The lowest BCUT2D eigenvalue weighted by atomic mass is 10.3. The molecule has 0 saturated carbocycles. The number of nitrogens with zero attached hydrogens (tertiary/aromatic N) is 1. The molecular formula is C14H15NO5S2. The van der Waals surface area contributed by atoms with Crippen molar-refractivity contribution in [2.24, 2.45) is 0 Å². The summed E-state index contributed by atoms with van der Waals surface area (Å²) in [4.78, 5) is 11.0. The van der Waals surface area contributed by atoms with Gasteiger partial charge in [0.2, 0.25) is 0 Å². The van der Waals surface area contributed by atoms with Crippen LogP contribution in [0.2, 0.25) is 0 Å². The Morgan fingerprint density at radius 3 is 2.45 bits per heavy atom. The van der Waals surface area contributed by atoms with Gasteiger partial charge in [-0.3, -0.25) is 4.31 Å². The topological polar surface area (TPSA) is 72.9 Å². The van der Waals surface area contributed by atoms with Gasteiger partial charge < -0.3 is 9.47 Å². The van der Waals surface area contributed by atoms with E-state index >= 15 is 0 Å². The quantitative estimate of drug-likeness (QED) is 0.753. The smallest absolute Gasteiger partial charge is 0.343 e. The van der Waals surface area contributed by atoms with Crippen LogP contribution >= 0.6 is 11.3 Å². The molecule has 118 valence electrons. The number of esters is 1. The van der Waals surface area contributed by atoms with E-state index in [4.69, 9.17) is 4.74 Å². The number of anilines is 1. The van der Waals surface area contributed by atoms with Crippen molar-refractivity contribution in [1.82, 2.24) is 0 Å². The summed E-state index contributed by atoms with van der Waals surface area (Å²) in [5.41, 5.74) is 0.499. The molecule has 0 aliphatic heterocycles. The zero-order valence-corrected chi connectivity index (χ0v) is 13.7. The van der Waals surface area contributed by atoms with E-state index in [0.717, 1.165) is 11.3 Å². The summed E-state index contributed by atoms with van der Waals surface area (Å²) >= 11 is 1.16. The third-order valence-corrected chi connectivity index (χ3v) is 6.05. The summed E-state index contributed by atoms with van der Waals surface area (Å²) in [5, 5.41) is 1.71. The molecule has 2 rings (SSSR count). The molecule has 0 aliphatic carbocycles. The molecule has 0 aliphatic rings. The number of rotatable bonds is 6. The van der Waals surface area contributed by atoms with Crippen molar-refractivity contribution in [3.05, 3.63) is 41.8 Å². The van der Waals surface area contributed by atoms with Gasteiger partial charge in [0, 0.05) is 7.05 Å². The van der Waals surface area contributed by atoms with Gasteiger partial charge in [0.1, 0.15) is 9.96 Å². The predicted molar refractivity (Wildman–Crippen MR) is 83.9 cm³/mol. The Bertz CT molecular complexity index is 723. The Morgan fingerprint density at radius 1 is 1.23 bits per heavy atom. The van der Waals surface area contributed by atoms with E-state index in [1.54, 1.807) is 41.8 Å². The second-order valence-electron chi connectivity index (χ2n) is 4.26. The molecule has 0 fully saturated rings. The molecule has 1 aromatic carbocycles. The molecule has 0 N–H and O–H groups in total. The Balaban J connectivity index is 2.11. The van der Waals surface area contributed by atoms with Crippen LogP contribution in [0, 0.1) is 0 Å². The first-order valence-corrected chi connectivity index (χ1v) is 8.59. The van der Waals surface area contributed by atoms with Gasteiger partial charge in [0.05, 0.1) is 12.8 Å². The number of benzene rings is 1. The average molecular weight is 341 g/mol. The van der Waals surface area contributed by atoms with Crippen LogP contribution in [-0.4, -0.2) is 35.2 Å². The van der Waals surface area contributed by atoms with Crippen LogP contribution in [0.1, 0.15) is 0 Å². The van der Waals surface area contributed by atoms with Gasteiger partial charge in [-0.2, -0.15) is 0 Å². The highest BCUT2D eigenvalue weighted by atomic mass is 32.2. The molecule has 0 atom stereocenters. The van der Waals surface area contributed by atoms with Crippen molar-refractivity contribution in [1.29, 1.82) is 0 Å². The minimum atomic E-state index is -3.55. The average Bonchev–Trinajstić information content (AvgIpc) is 3.07. The number of methoxy groups -OCH3 is 1. The molecule has 8 heteroatoms. The van der Waals surface area contributed by atoms with Crippen LogP contribution in [0.5, 0.6) is 5.75 Å². The van der Waals surface area contributed by atoms with Crippen molar-refractivity contribution in [2.75, 3.05) is 25.1 Å². The van der Waals surface area contributed by atoms with Crippen LogP contribution in [-0.2, 0) is 19.6 Å². The summed E-state index contributed by atoms with van der Waals surface area (Å²) in [6.45, 7) is -0.195. The van der Waals surface area contributed by atoms with Gasteiger partial charge >= 0.3 is 5.97 Å². The van der Waals surface area contributed by atoms with E-state index in [9.17, 15) is 13.2 Å². The first-order valence-electron chi connectivity index (χ1n) is 6.27. The molecule has 2 aromatic rings. The first-order chi connectivity index (χ1) is 10.4. The van der Waals surface area contributed by atoms with Gasteiger partial charge in [-0.1, -0.05) is 6.07 Å². The van der Waals surface area contributed by atoms with Gasteiger partial charge in [0.25, 0.3) is 10.0 Å². The summed E-state index contributed by atoms with van der Waals surface area (Å²) in [6.07, 6.45) is 0. The highest BCUT2D eigenvalue weighted by Crippen LogP contribution is 2.26. The summed E-state index contributed by atoms with van der Waals surface area (Å²) in [6, 6.07) is 9.66. The maximum atomic E-state index is 12.4. The zero-order valence-electron chi connectivity index (χ0n) is 12.1. The molecular weight excluding hydrogens is 326 g/mol. The maximum absolute atomic E-state index is 12.4. The van der Waals surface area contributed by atoms with Crippen LogP contribution in [0.4, 0.5) is 5.69 Å². The lowest BCUT2D eigenvalue weighted by Gasteiger charge is -2.18. The molecule has 0 spiro atoms. The van der Waals surface area contributed by atoms with E-state index in [1.807, 2.05) is 0 Å². The number of thiophene rings is 1. The standard InChI is InChI=1S/C14H15NO5S2/c1-15(22(17,18)14-4-3-9-21-14)11-5-7-12(8-6-11)20-10-13(16)19-2/h3-9H,10H2,1-2H3. The maximum Gasteiger partial charge on any atom is 0.343 e. The van der Waals surface area contributed by atoms with Crippen LogP contribution in [0.3, 0.4) is 0 Å². The first kappa shape index (κ1) is 16.3. The summed E-state index contributed by atoms with van der Waals surface area (Å²) in [5.74, 6) is -0.0301. The SMILES string of the molecule is COC(=O)COc1ccc(N(C)S(=O)(=O)c2cccs2)cc1. The molecule has 1 aromatic heterocycles. The lowest BCUT2D eigenvalue weighted by molar-refractivity contribution is -0.142. The fourth-order valence-corrected chi connectivity index (χ4v) is 3.99. The fourth-order valence-electron chi connectivity index (χ4n) is 1.64. The number of ether oxygens (including phenoxy) is 2. The third-order valence-electron chi connectivity index (χ3n) is 2.89. The number of carbonyl (C=O) groups is 1. The lowest BCUT2D eigenvalue weighted by Crippen LogP contribution is -2.25. The highest BCUT2D eigenvalue weighted by molar-refractivity contribution is 7.94. The van der Waals surface area contributed by atoms with Crippen LogP contribution in [0.25, 0.3) is 0 Å². The van der Waals surface area contributed by atoms with Gasteiger partial charge in [-0.05, 0) is 35.7 Å². The van der Waals surface area contributed by atoms with E-state index in [0.29, 0.717) is 11.4 Å². The second-order valence-corrected chi connectivity index (χ2v) is 7.41. The Hall–Kier alpha value is -2.06. The minimum Gasteiger partial charge on any atom is -0.482 e. The van der Waals surface area contributed by atoms with Crippen molar-refractivity contribution >= 4 is 33.0 Å². The number of sulfonamides is 1. The molecule has 0 unspecified atom stereocenters. The van der Waals surface area contributed by atoms with Crippen molar-refractivity contribution < 1.29 is 22.7 Å². The molecule has 6 nitrogen and oxygen atoms in total. The summed E-state index contributed by atoms with van der Waals surface area (Å²) in [7, 11) is -0.792. The largest absolute Gasteiger partial charge is 0.482 e. The number of hydrogen-bond acceptors (Lipinski definition) is 6. The van der Waals surface area contributed by atoms with Crippen LogP contribution in [0.15, 0.2) is 46.0 Å².